The Balaban J connectivity index is 1.22. The van der Waals surface area contributed by atoms with Gasteiger partial charge >= 0.3 is 0 Å². The van der Waals surface area contributed by atoms with E-state index in [2.05, 4.69) is 72.5 Å². The van der Waals surface area contributed by atoms with Crippen LogP contribution >= 0.6 is 0 Å². The van der Waals surface area contributed by atoms with Gasteiger partial charge in [-0.2, -0.15) is 0 Å². The minimum Gasteiger partial charge on any atom is -0.366 e. The van der Waals surface area contributed by atoms with Crippen LogP contribution < -0.4 is 10.4 Å². The maximum Gasteiger partial charge on any atom is 0.0995 e. The fourth-order valence-electron chi connectivity index (χ4n) is 15.5. The molecule has 0 aromatic heterocycles. The summed E-state index contributed by atoms with van der Waals surface area (Å²) in [7, 11) is 0. The second-order valence-corrected chi connectivity index (χ2v) is 17.9. The van der Waals surface area contributed by atoms with Crippen molar-refractivity contribution in [2.24, 2.45) is 5.92 Å². The van der Waals surface area contributed by atoms with Gasteiger partial charge in [-0.1, -0.05) is 53.6 Å². The normalized spacial score (nSPS) is 24.1. The van der Waals surface area contributed by atoms with Crippen molar-refractivity contribution in [1.82, 2.24) is 4.90 Å². The highest BCUT2D eigenvalue weighted by molar-refractivity contribution is 6.63. The van der Waals surface area contributed by atoms with Crippen LogP contribution in [-0.4, -0.2) is 24.8 Å². The predicted molar refractivity (Wildman–Crippen MR) is 215 cm³/mol. The third kappa shape index (κ3) is 1.87. The first-order chi connectivity index (χ1) is 25.8. The van der Waals surface area contributed by atoms with Crippen molar-refractivity contribution in [3.63, 3.8) is 0 Å². The molecule has 18 rings (SSSR count). The monoisotopic (exact) mass is 657 g/mol. The van der Waals surface area contributed by atoms with E-state index < -0.39 is 0 Å². The van der Waals surface area contributed by atoms with E-state index in [0.29, 0.717) is 12.6 Å². The van der Waals surface area contributed by atoms with E-state index in [1.807, 2.05) is 0 Å². The Morgan fingerprint density at radius 1 is 0.596 bits per heavy atom. The Morgan fingerprint density at radius 2 is 1.19 bits per heavy atom. The molecule has 3 atom stereocenters. The van der Waals surface area contributed by atoms with E-state index in [1.165, 1.54) is 27.1 Å². The molecule has 3 unspecified atom stereocenters. The molecule has 2 heteroatoms. The smallest absolute Gasteiger partial charge is 0.0995 e. The third-order valence-electron chi connectivity index (χ3n) is 16.5. The molecule has 1 heterocycles. The molecule has 1 saturated heterocycles. The Hall–Kier alpha value is -5.28. The zero-order chi connectivity index (χ0) is 32.6. The zero-order valence-electron chi connectivity index (χ0n) is 28.5. The lowest BCUT2D eigenvalue weighted by molar-refractivity contribution is 0.0195. The standard InChI is InChI=1S/C50H27NO/c1-2-52-17-51-16-27-26-14-24-12-21-10-22-9-19-8-20-11-23-13-25-15-50(27,49(51)18-6-4-3-5-7-18)48-34(25)39-33(23)38-29(20)28(19)36-32(22)37-30(21)31(24)40-35(26)47(48)46-44(39)42(38)41(36)43(37)45(40)46/h3-11,13,27,49H,2,12,14-17H2,1H3. The van der Waals surface area contributed by atoms with E-state index in [9.17, 15) is 0 Å². The quantitative estimate of drug-likeness (QED) is 0.175. The minimum absolute atomic E-state index is 0.0299. The Labute approximate surface area is 295 Å². The summed E-state index contributed by atoms with van der Waals surface area (Å²) in [5.41, 5.74) is 9.81. The van der Waals surface area contributed by atoms with Crippen molar-refractivity contribution < 1.29 is 4.74 Å². The number of nitrogens with zero attached hydrogens (tertiary/aromatic N) is 1. The van der Waals surface area contributed by atoms with Gasteiger partial charge in [-0.15, -0.1) is 0 Å². The van der Waals surface area contributed by atoms with Crippen LogP contribution in [0, 0.1) is 5.92 Å². The third-order valence-corrected chi connectivity index (χ3v) is 16.5. The number of rotatable bonds is 4. The second kappa shape index (κ2) is 6.71. The average Bonchev–Trinajstić information content (AvgIpc) is 4.01. The molecule has 2 nitrogen and oxygen atoms in total. The SMILES string of the molecule is CCOCN1CC2C3=c4c5c6c7c(cc8cc9cc%10cc%11cc%12c%13c(c4c4c5c5c7c8c7c9c%10c8c%11c%13c4c8c75)=C(C3)C%12)CC62C1c1ccccc1. The molecule has 52 heavy (non-hydrogen) atoms. The van der Waals surface area contributed by atoms with E-state index in [1.54, 1.807) is 135 Å². The average molecular weight is 658 g/mol. The predicted octanol–water partition coefficient (Wildman–Crippen LogP) is 10.0. The van der Waals surface area contributed by atoms with E-state index in [0.717, 1.165) is 32.4 Å². The van der Waals surface area contributed by atoms with Gasteiger partial charge in [-0.05, 0) is 196 Å². The number of benzene rings is 9. The van der Waals surface area contributed by atoms with Gasteiger partial charge in [-0.3, -0.25) is 4.90 Å². The molecule has 1 spiro atoms. The molecule has 1 aliphatic heterocycles. The highest BCUT2D eigenvalue weighted by Gasteiger charge is 2.62. The minimum atomic E-state index is -0.0299. The molecule has 1 fully saturated rings. The lowest BCUT2D eigenvalue weighted by Crippen LogP contribution is -2.43. The van der Waals surface area contributed by atoms with Gasteiger partial charge in [0.2, 0.25) is 0 Å². The highest BCUT2D eigenvalue weighted by atomic mass is 16.5. The summed E-state index contributed by atoms with van der Waals surface area (Å²) in [6.07, 6.45) is 3.34. The maximum atomic E-state index is 6.40. The Kier molecular flexibility index (Phi) is 3.10. The molecular weight excluding hydrogens is 631 g/mol. The van der Waals surface area contributed by atoms with Crippen LogP contribution in [0.2, 0.25) is 0 Å². The van der Waals surface area contributed by atoms with E-state index in [4.69, 9.17) is 4.74 Å². The van der Waals surface area contributed by atoms with Crippen LogP contribution in [0.5, 0.6) is 0 Å². The number of hydrogen-bond donors (Lipinski definition) is 0. The zero-order valence-corrected chi connectivity index (χ0v) is 28.5. The van der Waals surface area contributed by atoms with E-state index in [-0.39, 0.29) is 11.5 Å². The Morgan fingerprint density at radius 3 is 1.92 bits per heavy atom. The van der Waals surface area contributed by atoms with Crippen LogP contribution in [0.3, 0.4) is 0 Å². The first kappa shape index (κ1) is 24.1. The van der Waals surface area contributed by atoms with Gasteiger partial charge in [0.15, 0.2) is 0 Å². The van der Waals surface area contributed by atoms with Gasteiger partial charge in [-0.25, -0.2) is 0 Å². The fraction of sp³-hybridized carbons (Fsp3) is 0.200. The van der Waals surface area contributed by atoms with Crippen LogP contribution in [0.25, 0.3) is 130 Å². The van der Waals surface area contributed by atoms with E-state index >= 15 is 0 Å². The molecule has 13 aromatic rings. The van der Waals surface area contributed by atoms with Crippen molar-refractivity contribution in [3.8, 4) is 0 Å². The Bertz CT molecular complexity index is 3960. The van der Waals surface area contributed by atoms with Crippen LogP contribution in [0.1, 0.15) is 41.6 Å². The van der Waals surface area contributed by atoms with Crippen molar-refractivity contribution >= 4 is 130 Å². The molecular formula is C50H27NO. The van der Waals surface area contributed by atoms with Gasteiger partial charge in [0.05, 0.1) is 6.73 Å². The fourth-order valence-corrected chi connectivity index (χ4v) is 15.5. The largest absolute Gasteiger partial charge is 0.366 e. The lowest BCUT2D eigenvalue weighted by Gasteiger charge is -2.43. The molecule has 4 aliphatic carbocycles. The van der Waals surface area contributed by atoms with Crippen molar-refractivity contribution in [2.45, 2.75) is 37.6 Å². The molecule has 0 saturated carbocycles. The van der Waals surface area contributed by atoms with Crippen LogP contribution in [0.4, 0.5) is 0 Å². The van der Waals surface area contributed by atoms with Crippen LogP contribution in [0.15, 0.2) is 60.7 Å². The van der Waals surface area contributed by atoms with Crippen molar-refractivity contribution in [2.75, 3.05) is 19.9 Å². The summed E-state index contributed by atoms with van der Waals surface area (Å²) in [5.74, 6) is 0.453. The highest BCUT2D eigenvalue weighted by Crippen LogP contribution is 2.70. The molecule has 0 N–H and O–H groups in total. The summed E-state index contributed by atoms with van der Waals surface area (Å²) in [4.78, 5) is 2.76. The second-order valence-electron chi connectivity index (χ2n) is 17.9. The van der Waals surface area contributed by atoms with Gasteiger partial charge < -0.3 is 4.74 Å². The molecule has 0 amide bonds. The lowest BCUT2D eigenvalue weighted by atomic mass is 9.60. The molecule has 13 aromatic carbocycles. The number of ether oxygens (including phenoxy) is 1. The van der Waals surface area contributed by atoms with Gasteiger partial charge in [0.25, 0.3) is 0 Å². The molecule has 5 aliphatic rings. The molecule has 0 bridgehead atoms. The summed E-state index contributed by atoms with van der Waals surface area (Å²) in [6, 6.07) is 24.9. The van der Waals surface area contributed by atoms with Gasteiger partial charge in [0.1, 0.15) is 0 Å². The number of likely N-dealkylation sites (tertiary alicyclic amines) is 1. The summed E-state index contributed by atoms with van der Waals surface area (Å²) >= 11 is 0. The first-order valence-electron chi connectivity index (χ1n) is 19.7. The summed E-state index contributed by atoms with van der Waals surface area (Å²) in [6.45, 7) is 4.65. The maximum absolute atomic E-state index is 6.40. The van der Waals surface area contributed by atoms with Crippen molar-refractivity contribution in [3.05, 3.63) is 93.4 Å². The summed E-state index contributed by atoms with van der Waals surface area (Å²) < 4.78 is 6.40. The molecule has 0 radical (unpaired) electrons. The number of hydrogen-bond acceptors (Lipinski definition) is 2. The summed E-state index contributed by atoms with van der Waals surface area (Å²) in [5, 5.41) is 38.1. The van der Waals surface area contributed by atoms with Gasteiger partial charge in [0, 0.05) is 30.5 Å². The van der Waals surface area contributed by atoms with Crippen LogP contribution in [-0.2, 0) is 23.0 Å². The topological polar surface area (TPSA) is 12.5 Å². The molecule has 238 valence electrons. The van der Waals surface area contributed by atoms with Crippen molar-refractivity contribution in [1.29, 1.82) is 0 Å². The number of fused-ring (bicyclic) bond motifs is 1. The first-order valence-corrected chi connectivity index (χ1v) is 19.7.